The number of carbonyl (C=O) groups is 1. The SMILES string of the molecule is COc1ccc(-n2cccc2C(=O)O)cc1Cl. The number of ether oxygens (including phenoxy) is 1. The van der Waals surface area contributed by atoms with Gasteiger partial charge in [0.05, 0.1) is 12.1 Å². The second-order valence-corrected chi connectivity index (χ2v) is 3.79. The molecule has 1 aromatic carbocycles. The Morgan fingerprint density at radius 1 is 1.41 bits per heavy atom. The summed E-state index contributed by atoms with van der Waals surface area (Å²) in [5, 5.41) is 9.45. The lowest BCUT2D eigenvalue weighted by Crippen LogP contribution is -2.05. The van der Waals surface area contributed by atoms with Crippen molar-refractivity contribution in [1.29, 1.82) is 0 Å². The Labute approximate surface area is 103 Å². The summed E-state index contributed by atoms with van der Waals surface area (Å²) >= 11 is 5.99. The Balaban J connectivity index is 2.50. The number of hydrogen-bond donors (Lipinski definition) is 1. The van der Waals surface area contributed by atoms with Gasteiger partial charge in [-0.05, 0) is 30.3 Å². The van der Waals surface area contributed by atoms with E-state index in [9.17, 15) is 4.79 Å². The van der Waals surface area contributed by atoms with E-state index >= 15 is 0 Å². The fraction of sp³-hybridized carbons (Fsp3) is 0.0833. The molecule has 1 heterocycles. The predicted octanol–water partition coefficient (Wildman–Crippen LogP) is 2.84. The average molecular weight is 252 g/mol. The third-order valence-electron chi connectivity index (χ3n) is 2.38. The maximum absolute atomic E-state index is 11.0. The third kappa shape index (κ3) is 2.12. The first-order chi connectivity index (χ1) is 8.13. The van der Waals surface area contributed by atoms with E-state index in [1.807, 2.05) is 0 Å². The summed E-state index contributed by atoms with van der Waals surface area (Å²) in [6.07, 6.45) is 1.67. The lowest BCUT2D eigenvalue weighted by molar-refractivity contribution is 0.0688. The maximum atomic E-state index is 11.0. The van der Waals surface area contributed by atoms with Crippen molar-refractivity contribution in [3.63, 3.8) is 0 Å². The van der Waals surface area contributed by atoms with Crippen LogP contribution in [0.15, 0.2) is 36.5 Å². The fourth-order valence-electron chi connectivity index (χ4n) is 1.59. The van der Waals surface area contributed by atoms with Crippen LogP contribution in [0.5, 0.6) is 5.75 Å². The smallest absolute Gasteiger partial charge is 0.352 e. The molecule has 0 bridgehead atoms. The van der Waals surface area contributed by atoms with E-state index in [0.29, 0.717) is 16.5 Å². The van der Waals surface area contributed by atoms with Gasteiger partial charge in [-0.3, -0.25) is 0 Å². The van der Waals surface area contributed by atoms with Crippen molar-refractivity contribution in [3.8, 4) is 11.4 Å². The molecule has 0 aliphatic carbocycles. The van der Waals surface area contributed by atoms with E-state index in [0.717, 1.165) is 0 Å². The number of nitrogens with zero attached hydrogens (tertiary/aromatic N) is 1. The Hall–Kier alpha value is -1.94. The molecule has 2 aromatic rings. The number of carboxylic acid groups (broad SMARTS) is 1. The van der Waals surface area contributed by atoms with Gasteiger partial charge in [0.25, 0.3) is 0 Å². The van der Waals surface area contributed by atoms with Gasteiger partial charge in [-0.25, -0.2) is 4.79 Å². The second-order valence-electron chi connectivity index (χ2n) is 3.39. The molecule has 0 amide bonds. The molecule has 17 heavy (non-hydrogen) atoms. The molecule has 0 atom stereocenters. The van der Waals surface area contributed by atoms with Crippen LogP contribution in [-0.4, -0.2) is 22.8 Å². The largest absolute Gasteiger partial charge is 0.495 e. The van der Waals surface area contributed by atoms with Crippen molar-refractivity contribution in [3.05, 3.63) is 47.2 Å². The van der Waals surface area contributed by atoms with Gasteiger partial charge >= 0.3 is 5.97 Å². The van der Waals surface area contributed by atoms with Crippen molar-refractivity contribution in [2.24, 2.45) is 0 Å². The Kier molecular flexibility index (Phi) is 3.06. The summed E-state index contributed by atoms with van der Waals surface area (Å²) in [6.45, 7) is 0. The molecule has 2 rings (SSSR count). The normalized spacial score (nSPS) is 10.2. The van der Waals surface area contributed by atoms with Crippen LogP contribution in [0, 0.1) is 0 Å². The monoisotopic (exact) mass is 251 g/mol. The van der Waals surface area contributed by atoms with Gasteiger partial charge in [0, 0.05) is 11.9 Å². The van der Waals surface area contributed by atoms with Crippen LogP contribution < -0.4 is 4.74 Å². The van der Waals surface area contributed by atoms with Gasteiger partial charge in [0.15, 0.2) is 0 Å². The van der Waals surface area contributed by atoms with E-state index in [-0.39, 0.29) is 5.69 Å². The topological polar surface area (TPSA) is 51.5 Å². The number of hydrogen-bond acceptors (Lipinski definition) is 2. The van der Waals surface area contributed by atoms with Crippen molar-refractivity contribution in [2.75, 3.05) is 7.11 Å². The summed E-state index contributed by atoms with van der Waals surface area (Å²) in [6, 6.07) is 8.30. The van der Waals surface area contributed by atoms with E-state index in [1.165, 1.54) is 13.2 Å². The van der Waals surface area contributed by atoms with E-state index in [2.05, 4.69) is 0 Å². The van der Waals surface area contributed by atoms with E-state index < -0.39 is 5.97 Å². The van der Waals surface area contributed by atoms with Gasteiger partial charge in [0.1, 0.15) is 11.4 Å². The van der Waals surface area contributed by atoms with E-state index in [4.69, 9.17) is 21.4 Å². The number of carboxylic acids is 1. The molecule has 1 N–H and O–H groups in total. The zero-order valence-electron chi connectivity index (χ0n) is 9.05. The first-order valence-electron chi connectivity index (χ1n) is 4.88. The molecule has 1 aromatic heterocycles. The molecule has 5 heteroatoms. The maximum Gasteiger partial charge on any atom is 0.352 e. The molecule has 0 fully saturated rings. The van der Waals surface area contributed by atoms with Crippen LogP contribution in [0.25, 0.3) is 5.69 Å². The average Bonchev–Trinajstić information content (AvgIpc) is 2.77. The minimum atomic E-state index is -0.984. The van der Waals surface area contributed by atoms with Crippen molar-refractivity contribution < 1.29 is 14.6 Å². The van der Waals surface area contributed by atoms with Crippen molar-refractivity contribution >= 4 is 17.6 Å². The molecule has 0 aliphatic rings. The van der Waals surface area contributed by atoms with Gasteiger partial charge < -0.3 is 14.4 Å². The highest BCUT2D eigenvalue weighted by atomic mass is 35.5. The number of methoxy groups -OCH3 is 1. The Bertz CT molecular complexity index is 563. The summed E-state index contributed by atoms with van der Waals surface area (Å²) in [5.41, 5.74) is 0.865. The molecule has 0 saturated carbocycles. The third-order valence-corrected chi connectivity index (χ3v) is 2.68. The van der Waals surface area contributed by atoms with Crippen molar-refractivity contribution in [2.45, 2.75) is 0 Å². The molecule has 0 radical (unpaired) electrons. The Morgan fingerprint density at radius 2 is 2.18 bits per heavy atom. The van der Waals surface area contributed by atoms with Crippen LogP contribution >= 0.6 is 11.6 Å². The number of rotatable bonds is 3. The highest BCUT2D eigenvalue weighted by molar-refractivity contribution is 6.32. The molecule has 4 nitrogen and oxygen atoms in total. The minimum absolute atomic E-state index is 0.186. The van der Waals surface area contributed by atoms with Gasteiger partial charge in [0.2, 0.25) is 0 Å². The van der Waals surface area contributed by atoms with Gasteiger partial charge in [-0.2, -0.15) is 0 Å². The first-order valence-corrected chi connectivity index (χ1v) is 5.26. The van der Waals surface area contributed by atoms with E-state index in [1.54, 1.807) is 35.0 Å². The molecule has 88 valence electrons. The van der Waals surface area contributed by atoms with Crippen LogP contribution in [0.4, 0.5) is 0 Å². The summed E-state index contributed by atoms with van der Waals surface area (Å²) in [4.78, 5) is 11.0. The molecular weight excluding hydrogens is 242 g/mol. The summed E-state index contributed by atoms with van der Waals surface area (Å²) in [7, 11) is 1.53. The molecule has 0 unspecified atom stereocenters. The standard InChI is InChI=1S/C12H10ClNO3/c1-17-11-5-4-8(7-9(11)13)14-6-2-3-10(14)12(15)16/h2-7H,1H3,(H,15,16). The number of aromatic nitrogens is 1. The first kappa shape index (κ1) is 11.5. The lowest BCUT2D eigenvalue weighted by atomic mass is 10.3. The molecule has 0 spiro atoms. The highest BCUT2D eigenvalue weighted by Crippen LogP contribution is 2.27. The molecular formula is C12H10ClNO3. The van der Waals surface area contributed by atoms with Crippen LogP contribution in [0.2, 0.25) is 5.02 Å². The van der Waals surface area contributed by atoms with Gasteiger partial charge in [-0.1, -0.05) is 11.6 Å². The van der Waals surface area contributed by atoms with Crippen LogP contribution in [-0.2, 0) is 0 Å². The quantitative estimate of drug-likeness (QED) is 0.913. The van der Waals surface area contributed by atoms with Crippen LogP contribution in [0.3, 0.4) is 0 Å². The zero-order chi connectivity index (χ0) is 12.4. The zero-order valence-corrected chi connectivity index (χ0v) is 9.81. The molecule has 0 saturated heterocycles. The van der Waals surface area contributed by atoms with Crippen LogP contribution in [0.1, 0.15) is 10.5 Å². The van der Waals surface area contributed by atoms with Gasteiger partial charge in [-0.15, -0.1) is 0 Å². The summed E-state index contributed by atoms with van der Waals surface area (Å²) < 4.78 is 6.59. The second kappa shape index (κ2) is 4.51. The number of benzene rings is 1. The van der Waals surface area contributed by atoms with Crippen molar-refractivity contribution in [1.82, 2.24) is 4.57 Å². The highest BCUT2D eigenvalue weighted by Gasteiger charge is 2.11. The molecule has 0 aliphatic heterocycles. The summed E-state index contributed by atoms with van der Waals surface area (Å²) in [5.74, 6) is -0.429. The lowest BCUT2D eigenvalue weighted by Gasteiger charge is -2.09. The number of aromatic carboxylic acids is 1. The Morgan fingerprint density at radius 3 is 2.76 bits per heavy atom. The number of halogens is 1. The minimum Gasteiger partial charge on any atom is -0.495 e. The fourth-order valence-corrected chi connectivity index (χ4v) is 1.84. The predicted molar refractivity (Wildman–Crippen MR) is 64.3 cm³/mol.